The standard InChI is InChI=1S/C12H9BrF3NS/c13-10-5-9(12(14,15)16)1-2-11(10)17-6-8-3-4-18-7-8/h1-5,7,17H,6H2. The van der Waals surface area contributed by atoms with Crippen molar-refractivity contribution in [2.75, 3.05) is 5.32 Å². The maximum atomic E-state index is 12.5. The van der Waals surface area contributed by atoms with E-state index in [0.29, 0.717) is 16.7 Å². The Morgan fingerprint density at radius 3 is 2.56 bits per heavy atom. The molecular formula is C12H9BrF3NS. The third-order valence-corrected chi connectivity index (χ3v) is 3.75. The van der Waals surface area contributed by atoms with Crippen molar-refractivity contribution in [1.82, 2.24) is 0 Å². The molecule has 0 aliphatic heterocycles. The highest BCUT2D eigenvalue weighted by molar-refractivity contribution is 9.10. The Labute approximate surface area is 115 Å². The van der Waals surface area contributed by atoms with Crippen molar-refractivity contribution in [3.8, 4) is 0 Å². The first kappa shape index (κ1) is 13.4. The first-order valence-corrected chi connectivity index (χ1v) is 6.82. The normalized spacial score (nSPS) is 11.6. The highest BCUT2D eigenvalue weighted by Gasteiger charge is 2.30. The van der Waals surface area contributed by atoms with Crippen molar-refractivity contribution >= 4 is 33.0 Å². The minimum Gasteiger partial charge on any atom is -0.380 e. The van der Waals surface area contributed by atoms with Crippen LogP contribution < -0.4 is 5.32 Å². The number of thiophene rings is 1. The lowest BCUT2D eigenvalue weighted by Gasteiger charge is -2.11. The summed E-state index contributed by atoms with van der Waals surface area (Å²) in [5.41, 5.74) is 1.09. The number of anilines is 1. The Bertz CT molecular complexity index is 523. The molecule has 0 fully saturated rings. The van der Waals surface area contributed by atoms with Crippen molar-refractivity contribution in [3.05, 3.63) is 50.6 Å². The molecule has 0 unspecified atom stereocenters. The van der Waals surface area contributed by atoms with Gasteiger partial charge in [-0.25, -0.2) is 0 Å². The molecule has 1 aromatic heterocycles. The van der Waals surface area contributed by atoms with Gasteiger partial charge < -0.3 is 5.32 Å². The number of benzene rings is 1. The van der Waals surface area contributed by atoms with Crippen molar-refractivity contribution < 1.29 is 13.2 Å². The van der Waals surface area contributed by atoms with Gasteiger partial charge in [-0.1, -0.05) is 0 Å². The number of hydrogen-bond acceptors (Lipinski definition) is 2. The maximum absolute atomic E-state index is 12.5. The van der Waals surface area contributed by atoms with Crippen molar-refractivity contribution in [2.45, 2.75) is 12.7 Å². The molecule has 2 rings (SSSR count). The predicted molar refractivity (Wildman–Crippen MR) is 70.8 cm³/mol. The van der Waals surface area contributed by atoms with Gasteiger partial charge in [0.05, 0.1) is 5.56 Å². The van der Waals surface area contributed by atoms with Gasteiger partial charge in [-0.2, -0.15) is 24.5 Å². The fourth-order valence-corrected chi connectivity index (χ4v) is 2.61. The van der Waals surface area contributed by atoms with Gasteiger partial charge in [0.25, 0.3) is 0 Å². The third kappa shape index (κ3) is 3.26. The SMILES string of the molecule is FC(F)(F)c1ccc(NCc2ccsc2)c(Br)c1. The van der Waals surface area contributed by atoms with Crippen LogP contribution in [0.25, 0.3) is 0 Å². The molecule has 18 heavy (non-hydrogen) atoms. The molecule has 1 N–H and O–H groups in total. The van der Waals surface area contributed by atoms with Gasteiger partial charge in [0.15, 0.2) is 0 Å². The number of alkyl halides is 3. The van der Waals surface area contributed by atoms with Crippen LogP contribution in [0.2, 0.25) is 0 Å². The van der Waals surface area contributed by atoms with E-state index in [1.54, 1.807) is 11.3 Å². The summed E-state index contributed by atoms with van der Waals surface area (Å²) in [6.07, 6.45) is -4.31. The molecule has 2 aromatic rings. The van der Waals surface area contributed by atoms with Gasteiger partial charge in [-0.15, -0.1) is 0 Å². The van der Waals surface area contributed by atoms with Crippen LogP contribution in [0.4, 0.5) is 18.9 Å². The zero-order chi connectivity index (χ0) is 13.2. The minimum absolute atomic E-state index is 0.410. The fraction of sp³-hybridized carbons (Fsp3) is 0.167. The predicted octanol–water partition coefficient (Wildman–Crippen LogP) is 5.14. The van der Waals surface area contributed by atoms with E-state index >= 15 is 0 Å². The summed E-state index contributed by atoms with van der Waals surface area (Å²) in [6.45, 7) is 0.591. The number of rotatable bonds is 3. The summed E-state index contributed by atoms with van der Waals surface area (Å²) in [4.78, 5) is 0. The monoisotopic (exact) mass is 335 g/mol. The number of nitrogens with one attached hydrogen (secondary N) is 1. The zero-order valence-electron chi connectivity index (χ0n) is 9.09. The number of hydrogen-bond donors (Lipinski definition) is 1. The van der Waals surface area contributed by atoms with Gasteiger partial charge in [0.2, 0.25) is 0 Å². The van der Waals surface area contributed by atoms with E-state index in [2.05, 4.69) is 21.2 Å². The Hall–Kier alpha value is -1.01. The van der Waals surface area contributed by atoms with Crippen LogP contribution in [0, 0.1) is 0 Å². The molecular weight excluding hydrogens is 327 g/mol. The van der Waals surface area contributed by atoms with E-state index in [1.807, 2.05) is 16.8 Å². The lowest BCUT2D eigenvalue weighted by molar-refractivity contribution is -0.137. The Balaban J connectivity index is 2.10. The van der Waals surface area contributed by atoms with Crippen molar-refractivity contribution in [3.63, 3.8) is 0 Å². The van der Waals surface area contributed by atoms with E-state index < -0.39 is 11.7 Å². The van der Waals surface area contributed by atoms with Crippen LogP contribution >= 0.6 is 27.3 Å². The van der Waals surface area contributed by atoms with Crippen molar-refractivity contribution in [1.29, 1.82) is 0 Å². The van der Waals surface area contributed by atoms with Gasteiger partial charge >= 0.3 is 6.18 Å². The zero-order valence-corrected chi connectivity index (χ0v) is 11.5. The summed E-state index contributed by atoms with van der Waals surface area (Å²) in [5, 5.41) is 7.03. The molecule has 96 valence electrons. The molecule has 0 saturated heterocycles. The smallest absolute Gasteiger partial charge is 0.380 e. The second-order valence-electron chi connectivity index (χ2n) is 3.68. The quantitative estimate of drug-likeness (QED) is 0.818. The second kappa shape index (κ2) is 5.32. The molecule has 0 amide bonds. The first-order chi connectivity index (χ1) is 8.47. The van der Waals surface area contributed by atoms with E-state index in [-0.39, 0.29) is 0 Å². The van der Waals surface area contributed by atoms with Gasteiger partial charge in [-0.3, -0.25) is 0 Å². The van der Waals surface area contributed by atoms with Crippen molar-refractivity contribution in [2.24, 2.45) is 0 Å². The Kier molecular flexibility index (Phi) is 3.97. The van der Waals surface area contributed by atoms with Gasteiger partial charge in [-0.05, 0) is 56.5 Å². The highest BCUT2D eigenvalue weighted by Crippen LogP contribution is 2.34. The Morgan fingerprint density at radius 1 is 1.22 bits per heavy atom. The lowest BCUT2D eigenvalue weighted by atomic mass is 10.2. The summed E-state index contributed by atoms with van der Waals surface area (Å²) < 4.78 is 37.8. The molecule has 6 heteroatoms. The third-order valence-electron chi connectivity index (χ3n) is 2.36. The maximum Gasteiger partial charge on any atom is 0.416 e. The average Bonchev–Trinajstić information content (AvgIpc) is 2.79. The molecule has 0 saturated carbocycles. The summed E-state index contributed by atoms with van der Waals surface area (Å²) in [7, 11) is 0. The van der Waals surface area contributed by atoms with Gasteiger partial charge in [0, 0.05) is 16.7 Å². The van der Waals surface area contributed by atoms with E-state index in [9.17, 15) is 13.2 Å². The summed E-state index contributed by atoms with van der Waals surface area (Å²) in [6, 6.07) is 5.55. The molecule has 0 atom stereocenters. The minimum atomic E-state index is -4.31. The summed E-state index contributed by atoms with van der Waals surface area (Å²) in [5.74, 6) is 0. The van der Waals surface area contributed by atoms with E-state index in [1.165, 1.54) is 6.07 Å². The number of halogens is 4. The van der Waals surface area contributed by atoms with Crippen LogP contribution in [-0.4, -0.2) is 0 Å². The molecule has 1 heterocycles. The van der Waals surface area contributed by atoms with E-state index in [0.717, 1.165) is 17.7 Å². The highest BCUT2D eigenvalue weighted by atomic mass is 79.9. The van der Waals surface area contributed by atoms with Crippen LogP contribution in [-0.2, 0) is 12.7 Å². The molecule has 0 bridgehead atoms. The van der Waals surface area contributed by atoms with Crippen LogP contribution in [0.5, 0.6) is 0 Å². The lowest BCUT2D eigenvalue weighted by Crippen LogP contribution is -2.06. The van der Waals surface area contributed by atoms with Gasteiger partial charge in [0.1, 0.15) is 0 Å². The molecule has 1 nitrogen and oxygen atoms in total. The average molecular weight is 336 g/mol. The van der Waals surface area contributed by atoms with Crippen LogP contribution in [0.15, 0.2) is 39.5 Å². The fourth-order valence-electron chi connectivity index (χ4n) is 1.43. The second-order valence-corrected chi connectivity index (χ2v) is 5.31. The van der Waals surface area contributed by atoms with E-state index in [4.69, 9.17) is 0 Å². The topological polar surface area (TPSA) is 12.0 Å². The van der Waals surface area contributed by atoms with Crippen LogP contribution in [0.1, 0.15) is 11.1 Å². The molecule has 0 aliphatic rings. The summed E-state index contributed by atoms with van der Waals surface area (Å²) >= 11 is 4.73. The van der Waals surface area contributed by atoms with Crippen LogP contribution in [0.3, 0.4) is 0 Å². The molecule has 0 spiro atoms. The molecule has 1 aromatic carbocycles. The largest absolute Gasteiger partial charge is 0.416 e. The first-order valence-electron chi connectivity index (χ1n) is 5.08. The molecule has 0 radical (unpaired) electrons. The molecule has 0 aliphatic carbocycles. The Morgan fingerprint density at radius 2 is 2.00 bits per heavy atom.